The Morgan fingerprint density at radius 2 is 1.79 bits per heavy atom. The highest BCUT2D eigenvalue weighted by molar-refractivity contribution is 6.24. The Morgan fingerprint density at radius 1 is 1.05 bits per heavy atom. The fourth-order valence-electron chi connectivity index (χ4n) is 2.84. The lowest BCUT2D eigenvalue weighted by Crippen LogP contribution is -2.18. The van der Waals surface area contributed by atoms with Gasteiger partial charge < -0.3 is 9.32 Å². The topological polar surface area (TPSA) is 16.4 Å². The number of para-hydroxylation sites is 2. The zero-order chi connectivity index (χ0) is 13.0. The van der Waals surface area contributed by atoms with Crippen LogP contribution in [-0.4, -0.2) is 7.05 Å². The van der Waals surface area contributed by atoms with Gasteiger partial charge in [0.15, 0.2) is 5.76 Å². The average Bonchev–Trinajstić information content (AvgIpc) is 2.84. The van der Waals surface area contributed by atoms with Gasteiger partial charge in [-0.3, -0.25) is 0 Å². The van der Waals surface area contributed by atoms with Crippen molar-refractivity contribution in [2.75, 3.05) is 11.9 Å². The zero-order valence-electron chi connectivity index (χ0n) is 10.4. The normalized spacial score (nSPS) is 17.4. The molecule has 2 aromatic carbocycles. The van der Waals surface area contributed by atoms with Gasteiger partial charge in [0.05, 0.1) is 5.69 Å². The minimum atomic E-state index is -0.227. The van der Waals surface area contributed by atoms with E-state index in [2.05, 4.69) is 30.1 Å². The van der Waals surface area contributed by atoms with Crippen LogP contribution < -0.4 is 4.90 Å². The summed E-state index contributed by atoms with van der Waals surface area (Å²) in [5.41, 5.74) is 4.20. The standard InChI is InChI=1S/C16H12ClNO/c1-18-12-8-4-2-6-10(12)14(17)16-15(18)11-7-3-5-9-13(11)19-16/h2-9,14H,1H3. The van der Waals surface area contributed by atoms with Crippen molar-refractivity contribution in [1.29, 1.82) is 0 Å². The molecule has 0 saturated heterocycles. The van der Waals surface area contributed by atoms with Gasteiger partial charge in [-0.05, 0) is 18.2 Å². The van der Waals surface area contributed by atoms with Crippen molar-refractivity contribution in [2.45, 2.75) is 5.38 Å². The fourth-order valence-corrected chi connectivity index (χ4v) is 3.17. The van der Waals surface area contributed by atoms with Gasteiger partial charge in [0.2, 0.25) is 0 Å². The molecule has 0 bridgehead atoms. The Balaban J connectivity index is 2.07. The molecular weight excluding hydrogens is 258 g/mol. The second-order valence-electron chi connectivity index (χ2n) is 4.79. The monoisotopic (exact) mass is 269 g/mol. The second kappa shape index (κ2) is 3.78. The molecule has 1 aliphatic heterocycles. The molecule has 0 spiro atoms. The van der Waals surface area contributed by atoms with Gasteiger partial charge in [0.1, 0.15) is 11.0 Å². The summed E-state index contributed by atoms with van der Waals surface area (Å²) >= 11 is 6.59. The van der Waals surface area contributed by atoms with Crippen molar-refractivity contribution in [1.82, 2.24) is 0 Å². The van der Waals surface area contributed by atoms with Crippen LogP contribution in [0.1, 0.15) is 16.7 Å². The summed E-state index contributed by atoms with van der Waals surface area (Å²) in [5, 5.41) is 0.884. The van der Waals surface area contributed by atoms with Crippen LogP contribution in [0, 0.1) is 0 Å². The fraction of sp³-hybridized carbons (Fsp3) is 0.125. The molecule has 0 amide bonds. The van der Waals surface area contributed by atoms with Gasteiger partial charge in [0, 0.05) is 23.7 Å². The van der Waals surface area contributed by atoms with Crippen molar-refractivity contribution < 1.29 is 4.42 Å². The molecule has 19 heavy (non-hydrogen) atoms. The third-order valence-corrected chi connectivity index (χ3v) is 4.17. The highest BCUT2D eigenvalue weighted by Crippen LogP contribution is 2.50. The van der Waals surface area contributed by atoms with Gasteiger partial charge in [-0.15, -0.1) is 11.6 Å². The Hall–Kier alpha value is -1.93. The number of alkyl halides is 1. The van der Waals surface area contributed by atoms with Crippen LogP contribution in [0.15, 0.2) is 52.9 Å². The van der Waals surface area contributed by atoms with Crippen LogP contribution in [0.2, 0.25) is 0 Å². The molecule has 3 heteroatoms. The van der Waals surface area contributed by atoms with Gasteiger partial charge in [-0.1, -0.05) is 30.3 Å². The van der Waals surface area contributed by atoms with Crippen molar-refractivity contribution in [3.05, 3.63) is 59.9 Å². The average molecular weight is 270 g/mol. The van der Waals surface area contributed by atoms with Crippen molar-refractivity contribution >= 4 is 33.9 Å². The van der Waals surface area contributed by atoms with Crippen LogP contribution in [-0.2, 0) is 0 Å². The lowest BCUT2D eigenvalue weighted by Gasteiger charge is -2.29. The molecule has 0 radical (unpaired) electrons. The molecule has 2 heterocycles. The molecular formula is C16H12ClNO. The number of hydrogen-bond acceptors (Lipinski definition) is 2. The minimum Gasteiger partial charge on any atom is -0.457 e. The Bertz CT molecular complexity index is 777. The van der Waals surface area contributed by atoms with E-state index in [9.17, 15) is 0 Å². The summed E-state index contributed by atoms with van der Waals surface area (Å²) < 4.78 is 5.96. The highest BCUT2D eigenvalue weighted by atomic mass is 35.5. The molecule has 1 atom stereocenters. The lowest BCUT2D eigenvalue weighted by atomic mass is 10.00. The van der Waals surface area contributed by atoms with E-state index in [-0.39, 0.29) is 5.38 Å². The molecule has 1 unspecified atom stereocenters. The zero-order valence-corrected chi connectivity index (χ0v) is 11.2. The maximum absolute atomic E-state index is 6.59. The summed E-state index contributed by atoms with van der Waals surface area (Å²) in [6, 6.07) is 16.3. The van der Waals surface area contributed by atoms with Crippen LogP contribution in [0.25, 0.3) is 11.0 Å². The maximum Gasteiger partial charge on any atom is 0.151 e. The van der Waals surface area contributed by atoms with Gasteiger partial charge >= 0.3 is 0 Å². The van der Waals surface area contributed by atoms with Crippen molar-refractivity contribution in [3.63, 3.8) is 0 Å². The Labute approximate surface area is 116 Å². The van der Waals surface area contributed by atoms with Crippen LogP contribution in [0.5, 0.6) is 0 Å². The molecule has 2 nitrogen and oxygen atoms in total. The summed E-state index contributed by atoms with van der Waals surface area (Å²) in [6.45, 7) is 0. The van der Waals surface area contributed by atoms with E-state index in [1.165, 1.54) is 0 Å². The minimum absolute atomic E-state index is 0.227. The number of nitrogens with zero attached hydrogens (tertiary/aromatic N) is 1. The Kier molecular flexibility index (Phi) is 2.18. The van der Waals surface area contributed by atoms with Gasteiger partial charge in [-0.2, -0.15) is 0 Å². The van der Waals surface area contributed by atoms with Crippen LogP contribution >= 0.6 is 11.6 Å². The van der Waals surface area contributed by atoms with Crippen molar-refractivity contribution in [2.24, 2.45) is 0 Å². The van der Waals surface area contributed by atoms with E-state index in [0.717, 1.165) is 33.7 Å². The number of hydrogen-bond donors (Lipinski definition) is 0. The number of benzene rings is 2. The summed E-state index contributed by atoms with van der Waals surface area (Å²) in [7, 11) is 2.06. The first-order valence-corrected chi connectivity index (χ1v) is 6.69. The summed E-state index contributed by atoms with van der Waals surface area (Å²) in [5.74, 6) is 0.837. The van der Waals surface area contributed by atoms with E-state index in [1.54, 1.807) is 0 Å². The van der Waals surface area contributed by atoms with E-state index in [4.69, 9.17) is 16.0 Å². The largest absolute Gasteiger partial charge is 0.457 e. The second-order valence-corrected chi connectivity index (χ2v) is 5.23. The first kappa shape index (κ1) is 10.9. The maximum atomic E-state index is 6.59. The number of anilines is 2. The predicted molar refractivity (Wildman–Crippen MR) is 78.4 cm³/mol. The quantitative estimate of drug-likeness (QED) is 0.543. The molecule has 0 saturated carbocycles. The molecule has 0 aliphatic carbocycles. The third kappa shape index (κ3) is 1.38. The van der Waals surface area contributed by atoms with Crippen LogP contribution in [0.3, 0.4) is 0 Å². The number of rotatable bonds is 0. The van der Waals surface area contributed by atoms with E-state index in [1.807, 2.05) is 30.3 Å². The molecule has 0 N–H and O–H groups in total. The predicted octanol–water partition coefficient (Wildman–Crippen LogP) is 4.84. The molecule has 94 valence electrons. The first-order chi connectivity index (χ1) is 9.27. The third-order valence-electron chi connectivity index (χ3n) is 3.73. The smallest absolute Gasteiger partial charge is 0.151 e. The SMILES string of the molecule is CN1c2ccccc2C(Cl)c2oc3ccccc3c21. The van der Waals surface area contributed by atoms with Crippen molar-refractivity contribution in [3.8, 4) is 0 Å². The molecule has 0 fully saturated rings. The first-order valence-electron chi connectivity index (χ1n) is 6.25. The molecule has 1 aliphatic rings. The van der Waals surface area contributed by atoms with E-state index >= 15 is 0 Å². The highest BCUT2D eigenvalue weighted by Gasteiger charge is 2.32. The van der Waals surface area contributed by atoms with Gasteiger partial charge in [0.25, 0.3) is 0 Å². The van der Waals surface area contributed by atoms with Crippen LogP contribution in [0.4, 0.5) is 11.4 Å². The lowest BCUT2D eigenvalue weighted by molar-refractivity contribution is 0.555. The Morgan fingerprint density at radius 3 is 2.68 bits per heavy atom. The number of fused-ring (bicyclic) bond motifs is 4. The number of halogens is 1. The molecule has 1 aromatic heterocycles. The molecule has 4 rings (SSSR count). The summed E-state index contributed by atoms with van der Waals surface area (Å²) in [4.78, 5) is 2.16. The number of furan rings is 1. The summed E-state index contributed by atoms with van der Waals surface area (Å²) in [6.07, 6.45) is 0. The van der Waals surface area contributed by atoms with Gasteiger partial charge in [-0.25, -0.2) is 0 Å². The molecule has 3 aromatic rings. The van der Waals surface area contributed by atoms with E-state index in [0.29, 0.717) is 0 Å². The van der Waals surface area contributed by atoms with E-state index < -0.39 is 0 Å².